The third-order valence-electron chi connectivity index (χ3n) is 3.31. The maximum atomic E-state index is 10.9. The van der Waals surface area contributed by atoms with Crippen LogP contribution in [-0.2, 0) is 4.79 Å². The highest BCUT2D eigenvalue weighted by Crippen LogP contribution is 2.48. The van der Waals surface area contributed by atoms with E-state index in [1.165, 1.54) is 0 Å². The summed E-state index contributed by atoms with van der Waals surface area (Å²) in [6, 6.07) is 0. The summed E-state index contributed by atoms with van der Waals surface area (Å²) >= 11 is 0. The van der Waals surface area contributed by atoms with Gasteiger partial charge in [0.05, 0.1) is 0 Å². The number of fused-ring (bicyclic) bond motifs is 2. The van der Waals surface area contributed by atoms with Gasteiger partial charge in [-0.2, -0.15) is 0 Å². The summed E-state index contributed by atoms with van der Waals surface area (Å²) in [6.45, 7) is 0.755. The number of piperidine rings is 1. The molecule has 2 fully saturated rings. The topological polar surface area (TPSA) is 69.6 Å². The van der Waals surface area contributed by atoms with Crippen molar-refractivity contribution in [3.63, 3.8) is 0 Å². The van der Waals surface area contributed by atoms with E-state index < -0.39 is 11.5 Å². The smallest absolute Gasteiger partial charge is 0.323 e. The maximum Gasteiger partial charge on any atom is 0.323 e. The standard InChI is InChI=1S/C8H13NO3/c10-5-7-1-2-8(3-7,6(11)12)9-4-7/h9-10H,1-5H2,(H,11,12). The molecule has 2 atom stereocenters. The summed E-state index contributed by atoms with van der Waals surface area (Å²) < 4.78 is 0. The highest BCUT2D eigenvalue weighted by atomic mass is 16.4. The van der Waals surface area contributed by atoms with Crippen LogP contribution < -0.4 is 5.32 Å². The van der Waals surface area contributed by atoms with Gasteiger partial charge in [-0.1, -0.05) is 0 Å². The van der Waals surface area contributed by atoms with Crippen molar-refractivity contribution in [2.75, 3.05) is 13.2 Å². The van der Waals surface area contributed by atoms with Crippen molar-refractivity contribution in [1.29, 1.82) is 0 Å². The van der Waals surface area contributed by atoms with Crippen molar-refractivity contribution in [3.05, 3.63) is 0 Å². The number of rotatable bonds is 2. The Bertz CT molecular complexity index is 218. The molecule has 1 aliphatic carbocycles. The molecule has 0 spiro atoms. The van der Waals surface area contributed by atoms with E-state index in [2.05, 4.69) is 5.32 Å². The maximum absolute atomic E-state index is 10.9. The van der Waals surface area contributed by atoms with Crippen LogP contribution >= 0.6 is 0 Å². The van der Waals surface area contributed by atoms with Crippen LogP contribution in [0, 0.1) is 5.41 Å². The molecular weight excluding hydrogens is 158 g/mol. The van der Waals surface area contributed by atoms with Gasteiger partial charge in [-0.15, -0.1) is 0 Å². The minimum atomic E-state index is -0.768. The summed E-state index contributed by atoms with van der Waals surface area (Å²) in [4.78, 5) is 10.9. The van der Waals surface area contributed by atoms with E-state index in [-0.39, 0.29) is 12.0 Å². The quantitative estimate of drug-likeness (QED) is 0.527. The van der Waals surface area contributed by atoms with E-state index in [4.69, 9.17) is 10.2 Å². The number of nitrogens with one attached hydrogen (secondary N) is 1. The molecule has 68 valence electrons. The monoisotopic (exact) mass is 171 g/mol. The fourth-order valence-electron chi connectivity index (χ4n) is 2.40. The summed E-state index contributed by atoms with van der Waals surface area (Å²) in [7, 11) is 0. The average Bonchev–Trinajstić information content (AvgIpc) is 2.61. The van der Waals surface area contributed by atoms with Gasteiger partial charge in [0, 0.05) is 18.6 Å². The van der Waals surface area contributed by atoms with Crippen LogP contribution in [0.3, 0.4) is 0 Å². The number of carbonyl (C=O) groups is 1. The third kappa shape index (κ3) is 0.820. The lowest BCUT2D eigenvalue weighted by molar-refractivity contribution is -0.144. The molecule has 2 bridgehead atoms. The molecule has 12 heavy (non-hydrogen) atoms. The number of carboxylic acid groups (broad SMARTS) is 1. The molecule has 1 aliphatic heterocycles. The first kappa shape index (κ1) is 8.01. The molecule has 1 saturated carbocycles. The van der Waals surface area contributed by atoms with Gasteiger partial charge in [-0.3, -0.25) is 4.79 Å². The van der Waals surface area contributed by atoms with E-state index >= 15 is 0 Å². The van der Waals surface area contributed by atoms with E-state index in [1.807, 2.05) is 0 Å². The molecule has 1 heterocycles. The molecule has 0 aromatic rings. The van der Waals surface area contributed by atoms with Crippen molar-refractivity contribution in [2.24, 2.45) is 5.41 Å². The molecule has 0 amide bonds. The zero-order valence-electron chi connectivity index (χ0n) is 6.84. The third-order valence-corrected chi connectivity index (χ3v) is 3.31. The Balaban J connectivity index is 2.23. The largest absolute Gasteiger partial charge is 0.480 e. The van der Waals surface area contributed by atoms with Crippen molar-refractivity contribution < 1.29 is 15.0 Å². The number of aliphatic hydroxyl groups is 1. The van der Waals surface area contributed by atoms with Gasteiger partial charge in [0.15, 0.2) is 0 Å². The Labute approximate surface area is 70.6 Å². The summed E-state index contributed by atoms with van der Waals surface area (Å²) in [5, 5.41) is 21.1. The minimum Gasteiger partial charge on any atom is -0.480 e. The van der Waals surface area contributed by atoms with Gasteiger partial charge in [-0.05, 0) is 19.3 Å². The molecule has 0 aromatic carbocycles. The number of aliphatic hydroxyl groups excluding tert-OH is 1. The van der Waals surface area contributed by atoms with Crippen molar-refractivity contribution in [1.82, 2.24) is 5.32 Å². The van der Waals surface area contributed by atoms with Crippen LogP contribution in [0.15, 0.2) is 0 Å². The fourth-order valence-corrected chi connectivity index (χ4v) is 2.40. The zero-order valence-corrected chi connectivity index (χ0v) is 6.84. The van der Waals surface area contributed by atoms with Gasteiger partial charge in [0.25, 0.3) is 0 Å². The van der Waals surface area contributed by atoms with E-state index in [9.17, 15) is 4.79 Å². The summed E-state index contributed by atoms with van der Waals surface area (Å²) in [6.07, 6.45) is 2.08. The SMILES string of the molecule is O=C(O)C12CCC(CO)(CN1)C2. The first-order valence-electron chi connectivity index (χ1n) is 4.22. The Morgan fingerprint density at radius 2 is 2.25 bits per heavy atom. The van der Waals surface area contributed by atoms with Crippen molar-refractivity contribution in [3.8, 4) is 0 Å². The average molecular weight is 171 g/mol. The number of aliphatic carboxylic acids is 1. The number of hydrogen-bond donors (Lipinski definition) is 3. The summed E-state index contributed by atoms with van der Waals surface area (Å²) in [5.41, 5.74) is -0.860. The van der Waals surface area contributed by atoms with Crippen LogP contribution in [0.1, 0.15) is 19.3 Å². The zero-order chi connectivity index (χ0) is 8.82. The van der Waals surface area contributed by atoms with Crippen molar-refractivity contribution in [2.45, 2.75) is 24.8 Å². The predicted octanol–water partition coefficient (Wildman–Crippen LogP) is -0.424. The Morgan fingerprint density at radius 3 is 2.50 bits per heavy atom. The van der Waals surface area contributed by atoms with Crippen molar-refractivity contribution >= 4 is 5.97 Å². The van der Waals surface area contributed by atoms with Gasteiger partial charge < -0.3 is 15.5 Å². The van der Waals surface area contributed by atoms with Crippen LogP contribution in [0.5, 0.6) is 0 Å². The lowest BCUT2D eigenvalue weighted by atomic mass is 9.89. The molecule has 0 aromatic heterocycles. The molecule has 2 unspecified atom stereocenters. The van der Waals surface area contributed by atoms with E-state index in [0.29, 0.717) is 19.4 Å². The van der Waals surface area contributed by atoms with E-state index in [1.54, 1.807) is 0 Å². The molecule has 4 heteroatoms. The van der Waals surface area contributed by atoms with Gasteiger partial charge in [0.1, 0.15) is 5.54 Å². The second-order valence-corrected chi connectivity index (χ2v) is 4.08. The molecule has 4 nitrogen and oxygen atoms in total. The molecule has 2 rings (SSSR count). The van der Waals surface area contributed by atoms with Gasteiger partial charge >= 0.3 is 5.97 Å². The second kappa shape index (κ2) is 2.20. The molecule has 2 aliphatic rings. The highest BCUT2D eigenvalue weighted by Gasteiger charge is 2.57. The Kier molecular flexibility index (Phi) is 1.47. The summed E-state index contributed by atoms with van der Waals surface area (Å²) in [5.74, 6) is -0.768. The van der Waals surface area contributed by atoms with Crippen LogP contribution in [0.4, 0.5) is 0 Å². The lowest BCUT2D eigenvalue weighted by Gasteiger charge is -2.25. The molecule has 1 saturated heterocycles. The Morgan fingerprint density at radius 1 is 1.50 bits per heavy atom. The second-order valence-electron chi connectivity index (χ2n) is 4.08. The van der Waals surface area contributed by atoms with Gasteiger partial charge in [0.2, 0.25) is 0 Å². The number of carboxylic acids is 1. The molecule has 3 N–H and O–H groups in total. The normalized spacial score (nSPS) is 45.1. The molecule has 0 radical (unpaired) electrons. The van der Waals surface area contributed by atoms with Crippen LogP contribution in [-0.4, -0.2) is 34.9 Å². The predicted molar refractivity (Wildman–Crippen MR) is 41.7 cm³/mol. The van der Waals surface area contributed by atoms with E-state index in [0.717, 1.165) is 6.42 Å². The first-order valence-corrected chi connectivity index (χ1v) is 4.22. The van der Waals surface area contributed by atoms with Gasteiger partial charge in [-0.25, -0.2) is 0 Å². The number of hydrogen-bond acceptors (Lipinski definition) is 3. The Hall–Kier alpha value is -0.610. The lowest BCUT2D eigenvalue weighted by Crippen LogP contribution is -2.47. The molecular formula is C8H13NO3. The highest BCUT2D eigenvalue weighted by molar-refractivity contribution is 5.80. The van der Waals surface area contributed by atoms with Crippen LogP contribution in [0.2, 0.25) is 0 Å². The fraction of sp³-hybridized carbons (Fsp3) is 0.875. The first-order chi connectivity index (χ1) is 5.63. The van der Waals surface area contributed by atoms with Crippen LogP contribution in [0.25, 0.3) is 0 Å². The minimum absolute atomic E-state index is 0.106.